The number of allylic oxidation sites excluding steroid dienone is 1. The average molecular weight is 194 g/mol. The van der Waals surface area contributed by atoms with Gasteiger partial charge in [-0.05, 0) is 36.3 Å². The van der Waals surface area contributed by atoms with Crippen LogP contribution in [0, 0.1) is 0 Å². The number of aryl methyl sites for hydroxylation is 1. The minimum absolute atomic E-state index is 1.04. The number of hydrogen-bond donors (Lipinski definition) is 0. The van der Waals surface area contributed by atoms with E-state index in [0.29, 0.717) is 0 Å². The summed E-state index contributed by atoms with van der Waals surface area (Å²) in [6, 6.07) is 2.26. The number of thiophene rings is 1. The van der Waals surface area contributed by atoms with E-state index in [1.165, 1.54) is 30.6 Å². The Balaban J connectivity index is 2.44. The highest BCUT2D eigenvalue weighted by atomic mass is 32.1. The van der Waals surface area contributed by atoms with Gasteiger partial charge in [0.25, 0.3) is 0 Å². The lowest BCUT2D eigenvalue weighted by atomic mass is 10.1. The maximum atomic E-state index is 3.78. The standard InChI is InChI=1S/C12H18S/c1-3-5-6-8-11-9-10-13-12(11)7-4-2/h4,9-10H,2-3,5-8H2,1H3. The predicted octanol–water partition coefficient (Wildman–Crippen LogP) is 4.21. The summed E-state index contributed by atoms with van der Waals surface area (Å²) in [5, 5.41) is 2.19. The number of hydrogen-bond acceptors (Lipinski definition) is 1. The molecule has 0 fully saturated rings. The van der Waals surface area contributed by atoms with Crippen molar-refractivity contribution in [1.82, 2.24) is 0 Å². The molecule has 1 aromatic rings. The van der Waals surface area contributed by atoms with Gasteiger partial charge in [0, 0.05) is 4.88 Å². The van der Waals surface area contributed by atoms with E-state index in [1.54, 1.807) is 5.56 Å². The fourth-order valence-electron chi connectivity index (χ4n) is 1.47. The normalized spacial score (nSPS) is 10.2. The van der Waals surface area contributed by atoms with Gasteiger partial charge in [-0.3, -0.25) is 0 Å². The van der Waals surface area contributed by atoms with Gasteiger partial charge in [-0.15, -0.1) is 17.9 Å². The van der Waals surface area contributed by atoms with Crippen molar-refractivity contribution in [1.29, 1.82) is 0 Å². The Bertz CT molecular complexity index is 247. The summed E-state index contributed by atoms with van der Waals surface area (Å²) in [7, 11) is 0. The molecule has 0 unspecified atom stereocenters. The van der Waals surface area contributed by atoms with Gasteiger partial charge in [0.05, 0.1) is 0 Å². The van der Waals surface area contributed by atoms with E-state index in [0.717, 1.165) is 6.42 Å². The molecule has 0 N–H and O–H groups in total. The van der Waals surface area contributed by atoms with E-state index >= 15 is 0 Å². The van der Waals surface area contributed by atoms with Crippen molar-refractivity contribution in [2.75, 3.05) is 0 Å². The van der Waals surface area contributed by atoms with Crippen molar-refractivity contribution in [3.8, 4) is 0 Å². The van der Waals surface area contributed by atoms with Crippen molar-refractivity contribution >= 4 is 11.3 Å². The Morgan fingerprint density at radius 3 is 3.00 bits per heavy atom. The molecule has 0 saturated heterocycles. The van der Waals surface area contributed by atoms with Gasteiger partial charge >= 0.3 is 0 Å². The topological polar surface area (TPSA) is 0 Å². The third-order valence-electron chi connectivity index (χ3n) is 2.22. The first kappa shape index (κ1) is 10.5. The van der Waals surface area contributed by atoms with Gasteiger partial charge in [-0.2, -0.15) is 0 Å². The highest BCUT2D eigenvalue weighted by Crippen LogP contribution is 2.19. The molecule has 1 rings (SSSR count). The molecule has 13 heavy (non-hydrogen) atoms. The lowest BCUT2D eigenvalue weighted by molar-refractivity contribution is 0.716. The second-order valence-corrected chi connectivity index (χ2v) is 4.32. The molecule has 1 aromatic heterocycles. The van der Waals surface area contributed by atoms with Crippen LogP contribution in [0.15, 0.2) is 24.1 Å². The lowest BCUT2D eigenvalue weighted by Gasteiger charge is -2.00. The summed E-state index contributed by atoms with van der Waals surface area (Å²) in [4.78, 5) is 1.51. The van der Waals surface area contributed by atoms with Crippen LogP contribution in [0.4, 0.5) is 0 Å². The zero-order chi connectivity index (χ0) is 9.52. The summed E-state index contributed by atoms with van der Waals surface area (Å²) >= 11 is 1.86. The number of unbranched alkanes of at least 4 members (excludes halogenated alkanes) is 2. The van der Waals surface area contributed by atoms with Crippen LogP contribution in [-0.2, 0) is 12.8 Å². The van der Waals surface area contributed by atoms with E-state index < -0.39 is 0 Å². The Hall–Kier alpha value is -0.560. The Morgan fingerprint density at radius 1 is 1.46 bits per heavy atom. The summed E-state index contributed by atoms with van der Waals surface area (Å²) < 4.78 is 0. The highest BCUT2D eigenvalue weighted by Gasteiger charge is 2.01. The molecule has 0 amide bonds. The predicted molar refractivity (Wildman–Crippen MR) is 61.4 cm³/mol. The Morgan fingerprint density at radius 2 is 2.31 bits per heavy atom. The molecule has 0 nitrogen and oxygen atoms in total. The summed E-state index contributed by atoms with van der Waals surface area (Å²) in [6.45, 7) is 6.03. The second kappa shape index (κ2) is 5.98. The Kier molecular flexibility index (Phi) is 4.84. The van der Waals surface area contributed by atoms with E-state index in [4.69, 9.17) is 0 Å². The number of rotatable bonds is 6. The van der Waals surface area contributed by atoms with Crippen molar-refractivity contribution in [2.24, 2.45) is 0 Å². The van der Waals surface area contributed by atoms with Crippen molar-refractivity contribution in [3.05, 3.63) is 34.5 Å². The van der Waals surface area contributed by atoms with Crippen LogP contribution >= 0.6 is 11.3 Å². The summed E-state index contributed by atoms with van der Waals surface area (Å²) in [5.74, 6) is 0. The van der Waals surface area contributed by atoms with Crippen LogP contribution in [-0.4, -0.2) is 0 Å². The first-order valence-corrected chi connectivity index (χ1v) is 5.92. The summed E-state index contributed by atoms with van der Waals surface area (Å²) in [6.07, 6.45) is 8.27. The fourth-order valence-corrected chi connectivity index (χ4v) is 2.40. The van der Waals surface area contributed by atoms with Crippen LogP contribution in [0.3, 0.4) is 0 Å². The van der Waals surface area contributed by atoms with Gasteiger partial charge in [0.2, 0.25) is 0 Å². The first-order valence-electron chi connectivity index (χ1n) is 5.04. The van der Waals surface area contributed by atoms with E-state index in [1.807, 2.05) is 17.4 Å². The average Bonchev–Trinajstić information content (AvgIpc) is 2.54. The van der Waals surface area contributed by atoms with Gasteiger partial charge in [0.15, 0.2) is 0 Å². The maximum absolute atomic E-state index is 3.78. The molecule has 1 heteroatoms. The van der Waals surface area contributed by atoms with Gasteiger partial charge < -0.3 is 0 Å². The SMILES string of the molecule is C=CCc1sccc1CCCCC. The molecule has 0 saturated carbocycles. The molecule has 0 radical (unpaired) electrons. The van der Waals surface area contributed by atoms with Crippen LogP contribution in [0.25, 0.3) is 0 Å². The largest absolute Gasteiger partial charge is 0.148 e. The van der Waals surface area contributed by atoms with E-state index in [-0.39, 0.29) is 0 Å². The maximum Gasteiger partial charge on any atom is 0.0115 e. The molecule has 0 aliphatic carbocycles. The van der Waals surface area contributed by atoms with E-state index in [9.17, 15) is 0 Å². The fraction of sp³-hybridized carbons (Fsp3) is 0.500. The summed E-state index contributed by atoms with van der Waals surface area (Å²) in [5.41, 5.74) is 1.54. The highest BCUT2D eigenvalue weighted by molar-refractivity contribution is 7.10. The molecule has 72 valence electrons. The van der Waals surface area contributed by atoms with Crippen LogP contribution in [0.5, 0.6) is 0 Å². The van der Waals surface area contributed by atoms with Crippen molar-refractivity contribution in [3.63, 3.8) is 0 Å². The van der Waals surface area contributed by atoms with Gasteiger partial charge in [-0.1, -0.05) is 25.8 Å². The Labute approximate surface area is 85.3 Å². The first-order chi connectivity index (χ1) is 6.38. The molecule has 0 bridgehead atoms. The molecule has 1 heterocycles. The van der Waals surface area contributed by atoms with Crippen LogP contribution in [0.2, 0.25) is 0 Å². The molecule has 0 atom stereocenters. The van der Waals surface area contributed by atoms with Crippen LogP contribution in [0.1, 0.15) is 36.6 Å². The molecule has 0 aromatic carbocycles. The lowest BCUT2D eigenvalue weighted by Crippen LogP contribution is -1.87. The second-order valence-electron chi connectivity index (χ2n) is 3.32. The van der Waals surface area contributed by atoms with Gasteiger partial charge in [0.1, 0.15) is 0 Å². The smallest absolute Gasteiger partial charge is 0.0115 e. The molecular weight excluding hydrogens is 176 g/mol. The van der Waals surface area contributed by atoms with Crippen molar-refractivity contribution in [2.45, 2.75) is 39.0 Å². The molecule has 0 aliphatic rings. The quantitative estimate of drug-likeness (QED) is 0.470. The minimum Gasteiger partial charge on any atom is -0.148 e. The third-order valence-corrected chi connectivity index (χ3v) is 3.20. The van der Waals surface area contributed by atoms with Gasteiger partial charge in [-0.25, -0.2) is 0 Å². The molecule has 0 aliphatic heterocycles. The minimum atomic E-state index is 1.04. The zero-order valence-corrected chi connectivity index (χ0v) is 9.20. The zero-order valence-electron chi connectivity index (χ0n) is 8.38. The molecule has 0 spiro atoms. The van der Waals surface area contributed by atoms with Crippen LogP contribution < -0.4 is 0 Å². The molecular formula is C12H18S. The van der Waals surface area contributed by atoms with E-state index in [2.05, 4.69) is 24.9 Å². The third kappa shape index (κ3) is 3.35. The monoisotopic (exact) mass is 194 g/mol. The van der Waals surface area contributed by atoms with Crippen molar-refractivity contribution < 1.29 is 0 Å².